The first-order valence-electron chi connectivity index (χ1n) is 4.96. The standard InChI is InChI=1S/C11H15NO4/c1-8(14)9-4-2-3-5-10(9)12-11(15)16-7-6-13/h2-5,8,13-14H,6-7H2,1H3,(H,12,15). The predicted octanol–water partition coefficient (Wildman–Crippen LogP) is 1.28. The Kier molecular flexibility index (Phi) is 4.75. The van der Waals surface area contributed by atoms with E-state index in [1.807, 2.05) is 0 Å². The molecule has 0 saturated carbocycles. The highest BCUT2D eigenvalue weighted by Gasteiger charge is 2.10. The fraction of sp³-hybridized carbons (Fsp3) is 0.364. The number of rotatable bonds is 4. The Morgan fingerprint density at radius 2 is 2.19 bits per heavy atom. The summed E-state index contributed by atoms with van der Waals surface area (Å²) in [7, 11) is 0. The number of aliphatic hydroxyl groups excluding tert-OH is 2. The maximum absolute atomic E-state index is 11.2. The average molecular weight is 225 g/mol. The quantitative estimate of drug-likeness (QED) is 0.721. The van der Waals surface area contributed by atoms with Crippen LogP contribution in [0.25, 0.3) is 0 Å². The third-order valence-electron chi connectivity index (χ3n) is 1.97. The SMILES string of the molecule is CC(O)c1ccccc1NC(=O)OCCO. The minimum atomic E-state index is -0.672. The zero-order valence-corrected chi connectivity index (χ0v) is 9.01. The van der Waals surface area contributed by atoms with Crippen LogP contribution in [0.15, 0.2) is 24.3 Å². The van der Waals surface area contributed by atoms with Gasteiger partial charge in [0.05, 0.1) is 12.7 Å². The van der Waals surface area contributed by atoms with Gasteiger partial charge in [0.2, 0.25) is 0 Å². The molecule has 0 bridgehead atoms. The van der Waals surface area contributed by atoms with Crippen molar-refractivity contribution < 1.29 is 19.7 Å². The van der Waals surface area contributed by atoms with E-state index < -0.39 is 12.2 Å². The number of hydrogen-bond donors (Lipinski definition) is 3. The Morgan fingerprint density at radius 1 is 1.50 bits per heavy atom. The fourth-order valence-corrected chi connectivity index (χ4v) is 1.26. The number of amides is 1. The van der Waals surface area contributed by atoms with Crippen molar-refractivity contribution in [1.29, 1.82) is 0 Å². The lowest BCUT2D eigenvalue weighted by atomic mass is 10.1. The Bertz CT molecular complexity index is 352. The largest absolute Gasteiger partial charge is 0.447 e. The summed E-state index contributed by atoms with van der Waals surface area (Å²) in [6, 6.07) is 6.90. The van der Waals surface area contributed by atoms with Gasteiger partial charge in [-0.15, -0.1) is 0 Å². The lowest BCUT2D eigenvalue weighted by Gasteiger charge is -2.12. The number of para-hydroxylation sites is 1. The van der Waals surface area contributed by atoms with Gasteiger partial charge in [0.25, 0.3) is 0 Å². The molecule has 1 atom stereocenters. The van der Waals surface area contributed by atoms with Crippen LogP contribution in [0.1, 0.15) is 18.6 Å². The summed E-state index contributed by atoms with van der Waals surface area (Å²) in [6.07, 6.45) is -1.32. The van der Waals surface area contributed by atoms with Crippen LogP contribution in [0.3, 0.4) is 0 Å². The van der Waals surface area contributed by atoms with Crippen LogP contribution < -0.4 is 5.32 Å². The van der Waals surface area contributed by atoms with Crippen molar-refractivity contribution in [3.05, 3.63) is 29.8 Å². The van der Waals surface area contributed by atoms with Crippen LogP contribution >= 0.6 is 0 Å². The zero-order chi connectivity index (χ0) is 12.0. The van der Waals surface area contributed by atoms with Crippen molar-refractivity contribution in [2.24, 2.45) is 0 Å². The molecule has 1 unspecified atom stereocenters. The molecule has 0 aliphatic rings. The van der Waals surface area contributed by atoms with E-state index in [2.05, 4.69) is 10.1 Å². The van der Waals surface area contributed by atoms with Gasteiger partial charge in [-0.2, -0.15) is 0 Å². The van der Waals surface area contributed by atoms with Gasteiger partial charge in [-0.05, 0) is 13.0 Å². The van der Waals surface area contributed by atoms with E-state index in [4.69, 9.17) is 5.11 Å². The molecule has 0 heterocycles. The van der Waals surface area contributed by atoms with E-state index >= 15 is 0 Å². The molecule has 88 valence electrons. The smallest absolute Gasteiger partial charge is 0.411 e. The molecule has 0 radical (unpaired) electrons. The molecule has 1 aromatic rings. The minimum Gasteiger partial charge on any atom is -0.447 e. The summed E-state index contributed by atoms with van der Waals surface area (Å²) < 4.78 is 4.65. The second-order valence-corrected chi connectivity index (χ2v) is 3.25. The summed E-state index contributed by atoms with van der Waals surface area (Å²) in [5.74, 6) is 0. The molecule has 1 amide bonds. The van der Waals surface area contributed by atoms with Crippen molar-refractivity contribution >= 4 is 11.8 Å². The molecular formula is C11H15NO4. The second-order valence-electron chi connectivity index (χ2n) is 3.25. The van der Waals surface area contributed by atoms with Crippen molar-refractivity contribution in [1.82, 2.24) is 0 Å². The van der Waals surface area contributed by atoms with Gasteiger partial charge in [-0.1, -0.05) is 18.2 Å². The monoisotopic (exact) mass is 225 g/mol. The fourth-order valence-electron chi connectivity index (χ4n) is 1.26. The lowest BCUT2D eigenvalue weighted by Crippen LogP contribution is -2.17. The maximum Gasteiger partial charge on any atom is 0.411 e. The lowest BCUT2D eigenvalue weighted by molar-refractivity contribution is 0.131. The van der Waals surface area contributed by atoms with Gasteiger partial charge < -0.3 is 14.9 Å². The number of ether oxygens (including phenoxy) is 1. The van der Waals surface area contributed by atoms with Gasteiger partial charge in [0, 0.05) is 11.3 Å². The molecule has 5 nitrogen and oxygen atoms in total. The molecule has 0 spiro atoms. The molecule has 16 heavy (non-hydrogen) atoms. The number of aliphatic hydroxyl groups is 2. The van der Waals surface area contributed by atoms with Gasteiger partial charge in [0.15, 0.2) is 0 Å². The summed E-state index contributed by atoms with van der Waals surface area (Å²) in [6.45, 7) is 1.34. The highest BCUT2D eigenvalue weighted by atomic mass is 16.6. The second kappa shape index (κ2) is 6.09. The van der Waals surface area contributed by atoms with Crippen molar-refractivity contribution in [2.75, 3.05) is 18.5 Å². The number of carbonyl (C=O) groups is 1. The Hall–Kier alpha value is -1.59. The number of benzene rings is 1. The highest BCUT2D eigenvalue weighted by molar-refractivity contribution is 5.85. The summed E-state index contributed by atoms with van der Waals surface area (Å²) >= 11 is 0. The number of carbonyl (C=O) groups excluding carboxylic acids is 1. The van der Waals surface area contributed by atoms with Crippen LogP contribution in [0, 0.1) is 0 Å². The van der Waals surface area contributed by atoms with E-state index in [0.717, 1.165) is 0 Å². The van der Waals surface area contributed by atoms with Crippen LogP contribution in [0.2, 0.25) is 0 Å². The number of nitrogens with one attached hydrogen (secondary N) is 1. The normalized spacial score (nSPS) is 11.9. The molecule has 5 heteroatoms. The van der Waals surface area contributed by atoms with Crippen LogP contribution in [-0.4, -0.2) is 29.5 Å². The number of anilines is 1. The predicted molar refractivity (Wildman–Crippen MR) is 59.1 cm³/mol. The van der Waals surface area contributed by atoms with E-state index in [0.29, 0.717) is 11.3 Å². The molecule has 1 rings (SSSR count). The van der Waals surface area contributed by atoms with Gasteiger partial charge in [-0.25, -0.2) is 4.79 Å². The van der Waals surface area contributed by atoms with Crippen LogP contribution in [-0.2, 0) is 4.74 Å². The van der Waals surface area contributed by atoms with Crippen molar-refractivity contribution in [2.45, 2.75) is 13.0 Å². The first-order chi connectivity index (χ1) is 7.65. The molecule has 0 saturated heterocycles. The first-order valence-corrected chi connectivity index (χ1v) is 4.96. The van der Waals surface area contributed by atoms with Gasteiger partial charge in [-0.3, -0.25) is 5.32 Å². The summed E-state index contributed by atoms with van der Waals surface area (Å²) in [5, 5.41) is 20.4. The summed E-state index contributed by atoms with van der Waals surface area (Å²) in [5.41, 5.74) is 1.11. The van der Waals surface area contributed by atoms with E-state index in [1.54, 1.807) is 31.2 Å². The molecule has 0 aliphatic heterocycles. The van der Waals surface area contributed by atoms with Crippen LogP contribution in [0.4, 0.5) is 10.5 Å². The average Bonchev–Trinajstić information content (AvgIpc) is 2.27. The molecule has 0 fully saturated rings. The maximum atomic E-state index is 11.2. The van der Waals surface area contributed by atoms with Gasteiger partial charge in [0.1, 0.15) is 6.61 Å². The van der Waals surface area contributed by atoms with E-state index in [-0.39, 0.29) is 13.2 Å². The van der Waals surface area contributed by atoms with E-state index in [1.165, 1.54) is 0 Å². The Balaban J connectivity index is 2.69. The summed E-state index contributed by atoms with van der Waals surface area (Å²) in [4.78, 5) is 11.2. The third kappa shape index (κ3) is 3.52. The van der Waals surface area contributed by atoms with Gasteiger partial charge >= 0.3 is 6.09 Å². The Labute approximate surface area is 93.7 Å². The number of hydrogen-bond acceptors (Lipinski definition) is 4. The first kappa shape index (κ1) is 12.5. The zero-order valence-electron chi connectivity index (χ0n) is 9.01. The molecule has 3 N–H and O–H groups in total. The third-order valence-corrected chi connectivity index (χ3v) is 1.97. The van der Waals surface area contributed by atoms with Crippen molar-refractivity contribution in [3.8, 4) is 0 Å². The van der Waals surface area contributed by atoms with Crippen molar-refractivity contribution in [3.63, 3.8) is 0 Å². The topological polar surface area (TPSA) is 78.8 Å². The molecule has 0 aliphatic carbocycles. The van der Waals surface area contributed by atoms with E-state index in [9.17, 15) is 9.90 Å². The molecule has 1 aromatic carbocycles. The molecular weight excluding hydrogens is 210 g/mol. The highest BCUT2D eigenvalue weighted by Crippen LogP contribution is 2.22. The molecule has 0 aromatic heterocycles. The van der Waals surface area contributed by atoms with Crippen LogP contribution in [0.5, 0.6) is 0 Å². The Morgan fingerprint density at radius 3 is 2.81 bits per heavy atom. The minimum absolute atomic E-state index is 0.0529.